The van der Waals surface area contributed by atoms with Gasteiger partial charge in [-0.05, 0) is 82.8 Å². The van der Waals surface area contributed by atoms with Gasteiger partial charge in [0.2, 0.25) is 21.8 Å². The summed E-state index contributed by atoms with van der Waals surface area (Å²) in [5.74, 6) is 0.241. The van der Waals surface area contributed by atoms with Crippen molar-refractivity contribution in [2.45, 2.75) is 69.2 Å². The maximum Gasteiger partial charge on any atom is 0.243 e. The average molecular weight is 491 g/mol. The maximum atomic E-state index is 12.9. The highest BCUT2D eigenvalue weighted by molar-refractivity contribution is 7.89. The Balaban J connectivity index is 1.27. The van der Waals surface area contributed by atoms with Crippen molar-refractivity contribution in [1.82, 2.24) is 14.1 Å². The van der Waals surface area contributed by atoms with E-state index in [4.69, 9.17) is 0 Å². The highest BCUT2D eigenvalue weighted by Crippen LogP contribution is 2.25. The third kappa shape index (κ3) is 5.80. The molecular formula is C25H38N4O4S. The molecule has 2 amide bonds. The van der Waals surface area contributed by atoms with E-state index in [0.29, 0.717) is 24.7 Å². The minimum atomic E-state index is -3.46. The normalized spacial score (nSPS) is 22.3. The summed E-state index contributed by atoms with van der Waals surface area (Å²) in [4.78, 5) is 30.2. The van der Waals surface area contributed by atoms with Gasteiger partial charge in [0.25, 0.3) is 0 Å². The number of carbonyl (C=O) groups is 2. The molecule has 34 heavy (non-hydrogen) atoms. The molecule has 0 aromatic heterocycles. The van der Waals surface area contributed by atoms with Crippen molar-refractivity contribution < 1.29 is 18.0 Å². The van der Waals surface area contributed by atoms with Gasteiger partial charge in [-0.3, -0.25) is 14.5 Å². The predicted molar refractivity (Wildman–Crippen MR) is 132 cm³/mol. The van der Waals surface area contributed by atoms with Crippen molar-refractivity contribution in [2.24, 2.45) is 5.92 Å². The Morgan fingerprint density at radius 3 is 2.00 bits per heavy atom. The summed E-state index contributed by atoms with van der Waals surface area (Å²) >= 11 is 0. The fourth-order valence-corrected chi connectivity index (χ4v) is 6.80. The van der Waals surface area contributed by atoms with E-state index in [2.05, 4.69) is 15.1 Å². The number of piperidine rings is 1. The number of hydrogen-bond donors (Lipinski definition) is 1. The zero-order valence-electron chi connectivity index (χ0n) is 20.2. The van der Waals surface area contributed by atoms with Crippen molar-refractivity contribution in [2.75, 3.05) is 44.6 Å². The summed E-state index contributed by atoms with van der Waals surface area (Å²) in [7, 11) is -3.46. The molecule has 0 bridgehead atoms. The van der Waals surface area contributed by atoms with Gasteiger partial charge >= 0.3 is 0 Å². The molecule has 4 rings (SSSR count). The summed E-state index contributed by atoms with van der Waals surface area (Å²) in [6.45, 7) is 6.25. The molecule has 3 aliphatic rings. The number of nitrogens with zero attached hydrogens (tertiary/aromatic N) is 3. The van der Waals surface area contributed by atoms with Crippen LogP contribution in [0.25, 0.3) is 0 Å². The number of benzene rings is 1. The molecular weight excluding hydrogens is 452 g/mol. The Bertz CT molecular complexity index is 944. The van der Waals surface area contributed by atoms with E-state index < -0.39 is 10.0 Å². The Hall–Kier alpha value is -1.97. The van der Waals surface area contributed by atoms with Crippen LogP contribution in [-0.4, -0.2) is 79.6 Å². The van der Waals surface area contributed by atoms with Gasteiger partial charge in [0.15, 0.2) is 0 Å². The van der Waals surface area contributed by atoms with Crippen molar-refractivity contribution >= 4 is 27.5 Å². The molecule has 0 spiro atoms. The van der Waals surface area contributed by atoms with E-state index in [1.807, 2.05) is 6.92 Å². The summed E-state index contributed by atoms with van der Waals surface area (Å²) in [6, 6.07) is 6.11. The molecule has 0 aliphatic carbocycles. The molecule has 3 saturated heterocycles. The first-order valence-electron chi connectivity index (χ1n) is 12.8. The van der Waals surface area contributed by atoms with Gasteiger partial charge in [-0.25, -0.2) is 8.42 Å². The number of hydrogen-bond acceptors (Lipinski definition) is 5. The summed E-state index contributed by atoms with van der Waals surface area (Å²) < 4.78 is 26.9. The van der Waals surface area contributed by atoms with Crippen LogP contribution in [0.3, 0.4) is 0 Å². The number of nitrogens with one attached hydrogen (secondary N) is 1. The van der Waals surface area contributed by atoms with Gasteiger partial charge in [-0.15, -0.1) is 0 Å². The predicted octanol–water partition coefficient (Wildman–Crippen LogP) is 2.91. The van der Waals surface area contributed by atoms with Crippen LogP contribution in [0.2, 0.25) is 0 Å². The summed E-state index contributed by atoms with van der Waals surface area (Å²) in [6.07, 6.45) is 8.01. The number of sulfonamides is 1. The Labute approximate surface area is 203 Å². The summed E-state index contributed by atoms with van der Waals surface area (Å²) in [5, 5.41) is 2.92. The maximum absolute atomic E-state index is 12.9. The number of anilines is 1. The first-order chi connectivity index (χ1) is 16.4. The van der Waals surface area contributed by atoms with E-state index in [1.165, 1.54) is 17.1 Å². The van der Waals surface area contributed by atoms with Crippen molar-refractivity contribution in [3.05, 3.63) is 24.3 Å². The van der Waals surface area contributed by atoms with Crippen LogP contribution in [0.15, 0.2) is 29.2 Å². The smallest absolute Gasteiger partial charge is 0.243 e. The Morgan fingerprint density at radius 1 is 0.853 bits per heavy atom. The van der Waals surface area contributed by atoms with Gasteiger partial charge in [-0.1, -0.05) is 12.8 Å². The van der Waals surface area contributed by atoms with E-state index in [0.717, 1.165) is 64.7 Å². The van der Waals surface area contributed by atoms with Crippen LogP contribution >= 0.6 is 0 Å². The van der Waals surface area contributed by atoms with Crippen LogP contribution in [0.5, 0.6) is 0 Å². The lowest BCUT2D eigenvalue weighted by atomic mass is 9.94. The molecule has 1 N–H and O–H groups in total. The first-order valence-corrected chi connectivity index (χ1v) is 14.2. The van der Waals surface area contributed by atoms with Crippen LogP contribution in [-0.2, 0) is 19.6 Å². The molecule has 188 valence electrons. The minimum absolute atomic E-state index is 0.0645. The van der Waals surface area contributed by atoms with Gasteiger partial charge in [0, 0.05) is 37.8 Å². The standard InChI is InChI=1S/C25H38N4O4S/c1-20(27-18-12-21(13-19-27)25(31)28-14-4-2-3-5-15-28)24(30)26-22-8-10-23(11-9-22)34(32,33)29-16-6-7-17-29/h8-11,20-21H,2-7,12-19H2,1H3,(H,26,30). The highest BCUT2D eigenvalue weighted by atomic mass is 32.2. The van der Waals surface area contributed by atoms with E-state index in [1.54, 1.807) is 24.3 Å². The van der Waals surface area contributed by atoms with E-state index in [-0.39, 0.29) is 22.8 Å². The SMILES string of the molecule is CC(C(=O)Nc1ccc(S(=O)(=O)N2CCCC2)cc1)N1CCC(C(=O)N2CCCCCC2)CC1. The Morgan fingerprint density at radius 2 is 1.41 bits per heavy atom. The number of carbonyl (C=O) groups excluding carboxylic acids is 2. The van der Waals surface area contributed by atoms with Gasteiger partial charge < -0.3 is 10.2 Å². The summed E-state index contributed by atoms with van der Waals surface area (Å²) in [5.41, 5.74) is 0.587. The van der Waals surface area contributed by atoms with Crippen molar-refractivity contribution in [3.63, 3.8) is 0 Å². The second-order valence-electron chi connectivity index (χ2n) is 9.85. The largest absolute Gasteiger partial charge is 0.342 e. The van der Waals surface area contributed by atoms with E-state index in [9.17, 15) is 18.0 Å². The van der Waals surface area contributed by atoms with Crippen molar-refractivity contribution in [3.8, 4) is 0 Å². The van der Waals surface area contributed by atoms with Gasteiger partial charge in [-0.2, -0.15) is 4.31 Å². The first kappa shape index (κ1) is 25.1. The fraction of sp³-hybridized carbons (Fsp3) is 0.680. The third-order valence-corrected chi connectivity index (χ3v) is 9.46. The van der Waals surface area contributed by atoms with Gasteiger partial charge in [0.1, 0.15) is 0 Å². The lowest BCUT2D eigenvalue weighted by Gasteiger charge is -2.36. The van der Waals surface area contributed by atoms with Crippen LogP contribution in [0.1, 0.15) is 58.3 Å². The molecule has 1 atom stereocenters. The fourth-order valence-electron chi connectivity index (χ4n) is 5.28. The molecule has 1 aromatic rings. The second kappa shape index (κ2) is 11.2. The lowest BCUT2D eigenvalue weighted by molar-refractivity contribution is -0.137. The van der Waals surface area contributed by atoms with Crippen LogP contribution in [0.4, 0.5) is 5.69 Å². The Kier molecular flexibility index (Phi) is 8.26. The van der Waals surface area contributed by atoms with Crippen molar-refractivity contribution in [1.29, 1.82) is 0 Å². The molecule has 0 saturated carbocycles. The molecule has 9 heteroatoms. The zero-order chi connectivity index (χ0) is 24.1. The van der Waals surface area contributed by atoms with Gasteiger partial charge in [0.05, 0.1) is 10.9 Å². The number of likely N-dealkylation sites (tertiary alicyclic amines) is 2. The number of rotatable bonds is 6. The molecule has 3 heterocycles. The molecule has 0 radical (unpaired) electrons. The molecule has 1 aromatic carbocycles. The topological polar surface area (TPSA) is 90.0 Å². The minimum Gasteiger partial charge on any atom is -0.342 e. The quantitative estimate of drug-likeness (QED) is 0.662. The molecule has 1 unspecified atom stereocenters. The zero-order valence-corrected chi connectivity index (χ0v) is 21.1. The van der Waals surface area contributed by atoms with Crippen LogP contribution < -0.4 is 5.32 Å². The number of amides is 2. The second-order valence-corrected chi connectivity index (χ2v) is 11.8. The lowest BCUT2D eigenvalue weighted by Crippen LogP contribution is -2.48. The van der Waals surface area contributed by atoms with Crippen LogP contribution in [0, 0.1) is 5.92 Å². The molecule has 3 aliphatic heterocycles. The monoisotopic (exact) mass is 490 g/mol. The third-order valence-electron chi connectivity index (χ3n) is 7.55. The average Bonchev–Trinajstić information content (AvgIpc) is 3.28. The highest BCUT2D eigenvalue weighted by Gasteiger charge is 2.32. The molecule has 8 nitrogen and oxygen atoms in total. The molecule has 3 fully saturated rings. The van der Waals surface area contributed by atoms with E-state index >= 15 is 0 Å².